The van der Waals surface area contributed by atoms with Crippen molar-refractivity contribution in [3.8, 4) is 6.07 Å². The van der Waals surface area contributed by atoms with Gasteiger partial charge in [0.25, 0.3) is 0 Å². The fourth-order valence-corrected chi connectivity index (χ4v) is 3.18. The minimum absolute atomic E-state index is 0.220. The third-order valence-electron chi connectivity index (χ3n) is 4.64. The molecule has 2 nitrogen and oxygen atoms in total. The number of hydrogen-bond donors (Lipinski definition) is 1. The largest absolute Gasteiger partial charge is 0.299 e. The molecule has 0 aromatic rings. The Morgan fingerprint density at radius 3 is 2.78 bits per heavy atom. The van der Waals surface area contributed by atoms with Crippen molar-refractivity contribution in [2.45, 2.75) is 70.3 Å². The van der Waals surface area contributed by atoms with E-state index in [9.17, 15) is 5.26 Å². The van der Waals surface area contributed by atoms with Gasteiger partial charge in [-0.3, -0.25) is 5.32 Å². The van der Waals surface area contributed by atoms with Crippen LogP contribution in [0.15, 0.2) is 11.6 Å². The minimum atomic E-state index is -0.220. The lowest BCUT2D eigenvalue weighted by atomic mass is 9.78. The van der Waals surface area contributed by atoms with Gasteiger partial charge >= 0.3 is 0 Å². The second-order valence-corrected chi connectivity index (χ2v) is 6.16. The van der Waals surface area contributed by atoms with Gasteiger partial charge in [0.1, 0.15) is 5.54 Å². The molecule has 0 unspecified atom stereocenters. The van der Waals surface area contributed by atoms with E-state index in [-0.39, 0.29) is 5.54 Å². The van der Waals surface area contributed by atoms with Crippen molar-refractivity contribution in [3.05, 3.63) is 11.6 Å². The van der Waals surface area contributed by atoms with Crippen LogP contribution in [-0.4, -0.2) is 12.1 Å². The first-order valence-electron chi connectivity index (χ1n) is 7.58. The number of rotatable bonds is 4. The van der Waals surface area contributed by atoms with Crippen LogP contribution in [0.4, 0.5) is 0 Å². The number of nitrogens with zero attached hydrogens (tertiary/aromatic N) is 1. The van der Waals surface area contributed by atoms with E-state index in [1.165, 1.54) is 38.5 Å². The number of hydrogen-bond acceptors (Lipinski definition) is 2. The van der Waals surface area contributed by atoms with Gasteiger partial charge in [-0.1, -0.05) is 18.6 Å². The average molecular weight is 246 g/mol. The Morgan fingerprint density at radius 2 is 2.17 bits per heavy atom. The number of nitriles is 1. The van der Waals surface area contributed by atoms with E-state index in [4.69, 9.17) is 0 Å². The van der Waals surface area contributed by atoms with Crippen LogP contribution in [0.2, 0.25) is 0 Å². The van der Waals surface area contributed by atoms with Gasteiger partial charge in [-0.25, -0.2) is 0 Å². The van der Waals surface area contributed by atoms with E-state index in [0.717, 1.165) is 31.7 Å². The lowest BCUT2D eigenvalue weighted by Gasteiger charge is -2.34. The summed E-state index contributed by atoms with van der Waals surface area (Å²) in [5, 5.41) is 13.0. The molecule has 2 aliphatic carbocycles. The van der Waals surface area contributed by atoms with Crippen LogP contribution in [0.3, 0.4) is 0 Å². The van der Waals surface area contributed by atoms with Gasteiger partial charge in [0, 0.05) is 6.54 Å². The Morgan fingerprint density at radius 1 is 1.39 bits per heavy atom. The quantitative estimate of drug-likeness (QED) is 0.763. The standard InChI is InChI=1S/C16H26N2/c1-14-7-10-16(13-17,11-8-14)18-12-9-15-5-3-2-4-6-15/h5,14,18H,2-4,6-12H2,1H3. The minimum Gasteiger partial charge on any atom is -0.299 e. The van der Waals surface area contributed by atoms with Crippen molar-refractivity contribution in [2.75, 3.05) is 6.54 Å². The zero-order chi connectivity index (χ0) is 12.8. The number of allylic oxidation sites excluding steroid dienone is 1. The topological polar surface area (TPSA) is 35.8 Å². The fraction of sp³-hybridized carbons (Fsp3) is 0.812. The van der Waals surface area contributed by atoms with E-state index in [1.54, 1.807) is 5.57 Å². The van der Waals surface area contributed by atoms with Gasteiger partial charge in [-0.2, -0.15) is 5.26 Å². The van der Waals surface area contributed by atoms with Gasteiger partial charge in [0.15, 0.2) is 0 Å². The molecule has 0 atom stereocenters. The molecule has 0 aromatic heterocycles. The maximum atomic E-state index is 9.44. The Labute approximate surface area is 111 Å². The highest BCUT2D eigenvalue weighted by atomic mass is 15.0. The molecule has 0 saturated heterocycles. The molecule has 2 aliphatic rings. The van der Waals surface area contributed by atoms with Crippen LogP contribution in [0.5, 0.6) is 0 Å². The van der Waals surface area contributed by atoms with Crippen molar-refractivity contribution in [1.29, 1.82) is 5.26 Å². The van der Waals surface area contributed by atoms with Crippen molar-refractivity contribution in [3.63, 3.8) is 0 Å². The van der Waals surface area contributed by atoms with Crippen molar-refractivity contribution < 1.29 is 0 Å². The lowest BCUT2D eigenvalue weighted by Crippen LogP contribution is -2.47. The smallest absolute Gasteiger partial charge is 0.106 e. The highest BCUT2D eigenvalue weighted by Gasteiger charge is 2.33. The van der Waals surface area contributed by atoms with Gasteiger partial charge < -0.3 is 0 Å². The molecular weight excluding hydrogens is 220 g/mol. The molecule has 1 fully saturated rings. The van der Waals surface area contributed by atoms with Crippen LogP contribution < -0.4 is 5.32 Å². The molecule has 2 heteroatoms. The van der Waals surface area contributed by atoms with E-state index in [2.05, 4.69) is 24.4 Å². The monoisotopic (exact) mass is 246 g/mol. The molecule has 0 aromatic carbocycles. The van der Waals surface area contributed by atoms with E-state index in [1.807, 2.05) is 0 Å². The molecule has 0 bridgehead atoms. The third-order valence-corrected chi connectivity index (χ3v) is 4.64. The maximum absolute atomic E-state index is 9.44. The first kappa shape index (κ1) is 13.6. The van der Waals surface area contributed by atoms with Crippen LogP contribution in [0, 0.1) is 17.2 Å². The highest BCUT2D eigenvalue weighted by molar-refractivity contribution is 5.10. The molecular formula is C16H26N2. The SMILES string of the molecule is CC1CCC(C#N)(NCCC2=CCCCC2)CC1. The fourth-order valence-electron chi connectivity index (χ4n) is 3.18. The summed E-state index contributed by atoms with van der Waals surface area (Å²) in [4.78, 5) is 0. The predicted octanol–water partition coefficient (Wildman–Crippen LogP) is 3.94. The molecule has 1 saturated carbocycles. The molecule has 0 spiro atoms. The zero-order valence-corrected chi connectivity index (χ0v) is 11.7. The summed E-state index contributed by atoms with van der Waals surface area (Å²) in [6.45, 7) is 3.28. The molecule has 0 amide bonds. The highest BCUT2D eigenvalue weighted by Crippen LogP contribution is 2.31. The first-order valence-corrected chi connectivity index (χ1v) is 7.58. The van der Waals surface area contributed by atoms with Crippen molar-refractivity contribution >= 4 is 0 Å². The van der Waals surface area contributed by atoms with Crippen LogP contribution in [-0.2, 0) is 0 Å². The van der Waals surface area contributed by atoms with Crippen molar-refractivity contribution in [2.24, 2.45) is 5.92 Å². The Balaban J connectivity index is 1.77. The summed E-state index contributed by atoms with van der Waals surface area (Å²) in [7, 11) is 0. The van der Waals surface area contributed by atoms with Gasteiger partial charge in [-0.15, -0.1) is 0 Å². The molecule has 0 heterocycles. The third kappa shape index (κ3) is 3.59. The summed E-state index contributed by atoms with van der Waals surface area (Å²) in [6, 6.07) is 2.55. The van der Waals surface area contributed by atoms with Gasteiger partial charge in [-0.05, 0) is 63.7 Å². The average Bonchev–Trinajstić information content (AvgIpc) is 2.43. The Bertz CT molecular complexity index is 329. The van der Waals surface area contributed by atoms with Gasteiger partial charge in [0.05, 0.1) is 6.07 Å². The van der Waals surface area contributed by atoms with E-state index >= 15 is 0 Å². The molecule has 2 rings (SSSR count). The summed E-state index contributed by atoms with van der Waals surface area (Å²) in [6.07, 6.45) is 13.3. The zero-order valence-electron chi connectivity index (χ0n) is 11.7. The molecule has 0 aliphatic heterocycles. The second kappa shape index (κ2) is 6.38. The number of nitrogens with one attached hydrogen (secondary N) is 1. The maximum Gasteiger partial charge on any atom is 0.106 e. The van der Waals surface area contributed by atoms with Crippen LogP contribution in [0.1, 0.15) is 64.7 Å². The van der Waals surface area contributed by atoms with Crippen LogP contribution >= 0.6 is 0 Å². The van der Waals surface area contributed by atoms with E-state index < -0.39 is 0 Å². The molecule has 100 valence electrons. The lowest BCUT2D eigenvalue weighted by molar-refractivity contribution is 0.250. The Hall–Kier alpha value is -0.810. The predicted molar refractivity (Wildman–Crippen MR) is 75.1 cm³/mol. The summed E-state index contributed by atoms with van der Waals surface area (Å²) >= 11 is 0. The van der Waals surface area contributed by atoms with Gasteiger partial charge in [0.2, 0.25) is 0 Å². The summed E-state index contributed by atoms with van der Waals surface area (Å²) in [5.41, 5.74) is 1.38. The van der Waals surface area contributed by atoms with Crippen molar-refractivity contribution in [1.82, 2.24) is 5.32 Å². The summed E-state index contributed by atoms with van der Waals surface area (Å²) in [5.74, 6) is 0.800. The second-order valence-electron chi connectivity index (χ2n) is 6.16. The van der Waals surface area contributed by atoms with Crippen LogP contribution in [0.25, 0.3) is 0 Å². The van der Waals surface area contributed by atoms with E-state index in [0.29, 0.717) is 0 Å². The molecule has 18 heavy (non-hydrogen) atoms. The molecule has 1 N–H and O–H groups in total. The molecule has 0 radical (unpaired) electrons. The summed E-state index contributed by atoms with van der Waals surface area (Å²) < 4.78 is 0. The Kier molecular flexibility index (Phi) is 4.83. The first-order chi connectivity index (χ1) is 8.74. The normalized spacial score (nSPS) is 32.7.